The van der Waals surface area contributed by atoms with Crippen LogP contribution in [0.4, 0.5) is 23.7 Å². The lowest BCUT2D eigenvalue weighted by Crippen LogP contribution is -2.44. The summed E-state index contributed by atoms with van der Waals surface area (Å²) < 4.78 is 68.6. The summed E-state index contributed by atoms with van der Waals surface area (Å²) >= 11 is 4.75. The highest BCUT2D eigenvalue weighted by Gasteiger charge is 2.36. The molecule has 15 heteroatoms. The normalized spacial score (nSPS) is 12.8. The van der Waals surface area contributed by atoms with Crippen LogP contribution in [0.3, 0.4) is 0 Å². The third-order valence-corrected chi connectivity index (χ3v) is 5.97. The standard InChI is InChI=1S/C19H18F3N3O7S2/c1-10(2)16(24(17(23)33)18(26)27)14-7-6-12(9-15(14)25(28)29)32-34(30,31)13-5-3-4-11(8-13)19(20,21)22/h3-10,16H,1-2H3,(H2,23,33)(H,26,27). The zero-order chi connectivity index (χ0) is 26.0. The summed E-state index contributed by atoms with van der Waals surface area (Å²) in [5.41, 5.74) is 3.39. The van der Waals surface area contributed by atoms with E-state index in [1.54, 1.807) is 13.8 Å². The van der Waals surface area contributed by atoms with Gasteiger partial charge in [0.05, 0.1) is 28.2 Å². The van der Waals surface area contributed by atoms with Crippen molar-refractivity contribution in [2.75, 3.05) is 0 Å². The van der Waals surface area contributed by atoms with Crippen LogP contribution in [0.1, 0.15) is 31.0 Å². The molecule has 0 saturated carbocycles. The topological polar surface area (TPSA) is 153 Å². The minimum atomic E-state index is -4.81. The summed E-state index contributed by atoms with van der Waals surface area (Å²) in [7, 11) is -4.80. The lowest BCUT2D eigenvalue weighted by molar-refractivity contribution is -0.386. The molecule has 0 spiro atoms. The van der Waals surface area contributed by atoms with Gasteiger partial charge in [-0.15, -0.1) is 0 Å². The van der Waals surface area contributed by atoms with Gasteiger partial charge in [-0.05, 0) is 48.5 Å². The number of amides is 1. The predicted octanol–water partition coefficient (Wildman–Crippen LogP) is 4.30. The molecule has 2 aromatic carbocycles. The molecule has 1 unspecified atom stereocenters. The van der Waals surface area contributed by atoms with Gasteiger partial charge in [0.1, 0.15) is 10.6 Å². The number of carbonyl (C=O) groups is 1. The number of nitro benzene ring substituents is 1. The third kappa shape index (κ3) is 5.91. The number of nitrogens with two attached hydrogens (primary N) is 1. The zero-order valence-corrected chi connectivity index (χ0v) is 19.1. The SMILES string of the molecule is CC(C)C(c1ccc(OS(=O)(=O)c2cccc(C(F)(F)F)c2)cc1[N+](=O)[O-])N(C(=O)O)C(N)=S. The number of hydrogen-bond acceptors (Lipinski definition) is 7. The number of alkyl halides is 3. The Bertz CT molecular complexity index is 1220. The Labute approximate surface area is 197 Å². The molecule has 1 atom stereocenters. The Kier molecular flexibility index (Phi) is 7.72. The van der Waals surface area contributed by atoms with E-state index in [1.807, 2.05) is 0 Å². The van der Waals surface area contributed by atoms with Gasteiger partial charge in [0.25, 0.3) is 5.69 Å². The Morgan fingerprint density at radius 2 is 1.85 bits per heavy atom. The van der Waals surface area contributed by atoms with Gasteiger partial charge in [-0.25, -0.2) is 9.69 Å². The van der Waals surface area contributed by atoms with Crippen LogP contribution in [0.2, 0.25) is 0 Å². The Hall–Kier alpha value is -3.46. The molecule has 0 saturated heterocycles. The molecule has 0 radical (unpaired) electrons. The molecule has 0 aromatic heterocycles. The van der Waals surface area contributed by atoms with Crippen LogP contribution in [0.5, 0.6) is 5.75 Å². The maximum atomic E-state index is 12.9. The Morgan fingerprint density at radius 3 is 2.32 bits per heavy atom. The lowest BCUT2D eigenvalue weighted by atomic mass is 9.93. The summed E-state index contributed by atoms with van der Waals surface area (Å²) in [5, 5.41) is 20.6. The van der Waals surface area contributed by atoms with Crippen molar-refractivity contribution in [2.45, 2.75) is 31.0 Å². The molecule has 2 rings (SSSR count). The van der Waals surface area contributed by atoms with Crippen molar-refractivity contribution in [1.29, 1.82) is 0 Å². The summed E-state index contributed by atoms with van der Waals surface area (Å²) in [6.45, 7) is 3.12. The van der Waals surface area contributed by atoms with E-state index in [4.69, 9.17) is 22.1 Å². The third-order valence-electron chi connectivity index (χ3n) is 4.53. The lowest BCUT2D eigenvalue weighted by Gasteiger charge is -2.31. The van der Waals surface area contributed by atoms with Crippen LogP contribution >= 0.6 is 12.2 Å². The highest BCUT2D eigenvalue weighted by atomic mass is 32.2. The number of thiocarbonyl (C=S) groups is 1. The molecule has 0 heterocycles. The second kappa shape index (κ2) is 9.80. The number of nitro groups is 1. The maximum Gasteiger partial charge on any atom is 0.416 e. The molecule has 0 bridgehead atoms. The van der Waals surface area contributed by atoms with Crippen LogP contribution in [0.25, 0.3) is 0 Å². The Balaban J connectivity index is 2.55. The van der Waals surface area contributed by atoms with Crippen LogP contribution < -0.4 is 9.92 Å². The summed E-state index contributed by atoms with van der Waals surface area (Å²) in [4.78, 5) is 22.2. The number of benzene rings is 2. The van der Waals surface area contributed by atoms with Crippen molar-refractivity contribution in [3.63, 3.8) is 0 Å². The van der Waals surface area contributed by atoms with Crippen molar-refractivity contribution >= 4 is 39.2 Å². The van der Waals surface area contributed by atoms with Crippen molar-refractivity contribution in [1.82, 2.24) is 4.90 Å². The second-order valence-electron chi connectivity index (χ2n) is 7.22. The number of rotatable bonds is 7. The van der Waals surface area contributed by atoms with E-state index < -0.39 is 66.3 Å². The molecule has 0 fully saturated rings. The first-order valence-electron chi connectivity index (χ1n) is 9.28. The smallest absolute Gasteiger partial charge is 0.416 e. The summed E-state index contributed by atoms with van der Waals surface area (Å²) in [5.74, 6) is -1.13. The van der Waals surface area contributed by atoms with Gasteiger partial charge >= 0.3 is 22.4 Å². The first kappa shape index (κ1) is 26.8. The Morgan fingerprint density at radius 1 is 1.24 bits per heavy atom. The van der Waals surface area contributed by atoms with E-state index >= 15 is 0 Å². The monoisotopic (exact) mass is 521 g/mol. The molecule has 10 nitrogen and oxygen atoms in total. The van der Waals surface area contributed by atoms with Crippen molar-refractivity contribution in [3.8, 4) is 5.75 Å². The number of carboxylic acid groups (broad SMARTS) is 1. The average Bonchev–Trinajstić information content (AvgIpc) is 2.70. The van der Waals surface area contributed by atoms with E-state index in [-0.39, 0.29) is 5.56 Å². The first-order chi connectivity index (χ1) is 15.6. The fraction of sp³-hybridized carbons (Fsp3) is 0.263. The fourth-order valence-corrected chi connectivity index (χ4v) is 4.29. The molecular weight excluding hydrogens is 503 g/mol. The minimum Gasteiger partial charge on any atom is -0.465 e. The highest BCUT2D eigenvalue weighted by molar-refractivity contribution is 7.87. The molecule has 0 aliphatic rings. The van der Waals surface area contributed by atoms with Gasteiger partial charge in [0, 0.05) is 0 Å². The van der Waals surface area contributed by atoms with Gasteiger partial charge in [0.2, 0.25) is 0 Å². The molecule has 184 valence electrons. The van der Waals surface area contributed by atoms with Crippen molar-refractivity contribution < 1.29 is 40.6 Å². The number of hydrogen-bond donors (Lipinski definition) is 2. The molecule has 3 N–H and O–H groups in total. The summed E-state index contributed by atoms with van der Waals surface area (Å²) in [6.07, 6.45) is -6.37. The minimum absolute atomic E-state index is 0.154. The van der Waals surface area contributed by atoms with Crippen LogP contribution in [0.15, 0.2) is 47.4 Å². The van der Waals surface area contributed by atoms with Gasteiger partial charge in [-0.3, -0.25) is 10.1 Å². The van der Waals surface area contributed by atoms with Gasteiger partial charge in [0.15, 0.2) is 5.11 Å². The molecule has 34 heavy (non-hydrogen) atoms. The average molecular weight is 521 g/mol. The van der Waals surface area contributed by atoms with E-state index in [2.05, 4.69) is 0 Å². The van der Waals surface area contributed by atoms with Gasteiger partial charge in [-0.1, -0.05) is 19.9 Å². The molecular formula is C19H18F3N3O7S2. The van der Waals surface area contributed by atoms with E-state index in [9.17, 15) is 41.6 Å². The van der Waals surface area contributed by atoms with Gasteiger partial charge < -0.3 is 15.0 Å². The number of nitrogens with zero attached hydrogens (tertiary/aromatic N) is 2. The highest BCUT2D eigenvalue weighted by Crippen LogP contribution is 2.38. The summed E-state index contributed by atoms with van der Waals surface area (Å²) in [6, 6.07) is 4.35. The molecule has 0 aliphatic heterocycles. The largest absolute Gasteiger partial charge is 0.465 e. The van der Waals surface area contributed by atoms with Crippen LogP contribution in [-0.4, -0.2) is 34.6 Å². The molecule has 0 aliphatic carbocycles. The fourth-order valence-electron chi connectivity index (χ4n) is 3.13. The first-order valence-corrected chi connectivity index (χ1v) is 11.1. The van der Waals surface area contributed by atoms with E-state index in [0.717, 1.165) is 30.3 Å². The predicted molar refractivity (Wildman–Crippen MR) is 117 cm³/mol. The maximum absolute atomic E-state index is 12.9. The molecule has 1 amide bonds. The van der Waals surface area contributed by atoms with Crippen molar-refractivity contribution in [3.05, 3.63) is 63.7 Å². The second-order valence-corrected chi connectivity index (χ2v) is 9.19. The zero-order valence-electron chi connectivity index (χ0n) is 17.5. The van der Waals surface area contributed by atoms with Crippen LogP contribution in [-0.2, 0) is 16.3 Å². The molecule has 2 aromatic rings. The quantitative estimate of drug-likeness (QED) is 0.235. The van der Waals surface area contributed by atoms with Crippen LogP contribution in [0, 0.1) is 16.0 Å². The van der Waals surface area contributed by atoms with Crippen molar-refractivity contribution in [2.24, 2.45) is 11.7 Å². The van der Waals surface area contributed by atoms with Gasteiger partial charge in [-0.2, -0.15) is 21.6 Å². The van der Waals surface area contributed by atoms with E-state index in [0.29, 0.717) is 17.0 Å². The van der Waals surface area contributed by atoms with E-state index in [1.165, 1.54) is 0 Å². The number of halogens is 3.